The Bertz CT molecular complexity index is 791. The van der Waals surface area contributed by atoms with Crippen molar-refractivity contribution in [3.05, 3.63) is 20.5 Å². The SMILES string of the molecule is COC(=O)C1=C(OS(=O)(=O)C(F)(F)F)C(CC2=[C]([Sn]([CH3])([CH3])[CH3])CCC2)CCC1. The molecule has 0 heterocycles. The van der Waals surface area contributed by atoms with Crippen molar-refractivity contribution in [3.63, 3.8) is 0 Å². The molecule has 0 saturated carbocycles. The van der Waals surface area contributed by atoms with E-state index in [1.165, 1.54) is 9.16 Å². The maximum atomic E-state index is 12.9. The van der Waals surface area contributed by atoms with Crippen molar-refractivity contribution in [3.8, 4) is 0 Å². The second-order valence-electron chi connectivity index (χ2n) is 8.30. The fraction of sp³-hybridized carbons (Fsp3) is 0.722. The molecule has 10 heteroatoms. The first-order chi connectivity index (χ1) is 12.8. The van der Waals surface area contributed by atoms with Crippen LogP contribution in [0.2, 0.25) is 14.8 Å². The Morgan fingerprint density at radius 3 is 2.32 bits per heavy atom. The summed E-state index contributed by atoms with van der Waals surface area (Å²) in [4.78, 5) is 18.9. The van der Waals surface area contributed by atoms with Gasteiger partial charge < -0.3 is 0 Å². The normalized spacial score (nSPS) is 21.9. The van der Waals surface area contributed by atoms with Crippen molar-refractivity contribution < 1.29 is 35.3 Å². The van der Waals surface area contributed by atoms with Crippen LogP contribution < -0.4 is 0 Å². The van der Waals surface area contributed by atoms with E-state index < -0.39 is 51.6 Å². The predicted octanol–water partition coefficient (Wildman–Crippen LogP) is 4.83. The van der Waals surface area contributed by atoms with Crippen molar-refractivity contribution >= 4 is 34.5 Å². The van der Waals surface area contributed by atoms with Crippen LogP contribution in [0, 0.1) is 5.92 Å². The van der Waals surface area contributed by atoms with Crippen LogP contribution in [0.3, 0.4) is 0 Å². The van der Waals surface area contributed by atoms with Gasteiger partial charge in [-0.05, 0) is 0 Å². The van der Waals surface area contributed by atoms with Gasteiger partial charge in [0, 0.05) is 0 Å². The Labute approximate surface area is 168 Å². The molecule has 0 bridgehead atoms. The Kier molecular flexibility index (Phi) is 7.21. The monoisotopic (exact) mass is 532 g/mol. The van der Waals surface area contributed by atoms with E-state index in [9.17, 15) is 26.4 Å². The van der Waals surface area contributed by atoms with Gasteiger partial charge in [0.25, 0.3) is 0 Å². The zero-order valence-corrected chi connectivity index (χ0v) is 20.3. The summed E-state index contributed by atoms with van der Waals surface area (Å²) in [7, 11) is -4.74. The number of carbonyl (C=O) groups is 1. The molecule has 0 aromatic rings. The van der Waals surface area contributed by atoms with E-state index in [2.05, 4.69) is 23.7 Å². The van der Waals surface area contributed by atoms with E-state index in [-0.39, 0.29) is 12.0 Å². The molecule has 0 aromatic heterocycles. The summed E-state index contributed by atoms with van der Waals surface area (Å²) in [6, 6.07) is 0. The Balaban J connectivity index is 2.46. The van der Waals surface area contributed by atoms with Gasteiger partial charge in [-0.25, -0.2) is 0 Å². The standard InChI is InChI=1S/C15H18F3O5S.3CH3.Sn/c1-22-14(19)12-8-4-7-11(9-10-5-2-3-6-10)13(12)23-24(20,21)15(16,17)18;;;;/h11H,2-5,7-9H2,1H3;3*1H3;. The van der Waals surface area contributed by atoms with Gasteiger partial charge in [-0.1, -0.05) is 0 Å². The van der Waals surface area contributed by atoms with E-state index in [1.807, 2.05) is 0 Å². The molecule has 0 aromatic carbocycles. The van der Waals surface area contributed by atoms with Gasteiger partial charge in [0.1, 0.15) is 0 Å². The molecule has 2 aliphatic rings. The molecule has 28 heavy (non-hydrogen) atoms. The van der Waals surface area contributed by atoms with Crippen LogP contribution in [0.1, 0.15) is 44.9 Å². The Hall–Kier alpha value is -0.711. The topological polar surface area (TPSA) is 69.7 Å². The third-order valence-electron chi connectivity index (χ3n) is 5.29. The van der Waals surface area contributed by atoms with Crippen molar-refractivity contribution in [1.82, 2.24) is 0 Å². The summed E-state index contributed by atoms with van der Waals surface area (Å²) in [6.45, 7) is 0. The van der Waals surface area contributed by atoms with Crippen LogP contribution in [-0.2, 0) is 23.8 Å². The van der Waals surface area contributed by atoms with Gasteiger partial charge in [-0.15, -0.1) is 0 Å². The fourth-order valence-corrected chi connectivity index (χ4v) is 11.0. The minimum atomic E-state index is -5.85. The van der Waals surface area contributed by atoms with E-state index in [0.717, 1.165) is 26.4 Å². The van der Waals surface area contributed by atoms with Gasteiger partial charge in [0.15, 0.2) is 0 Å². The number of ether oxygens (including phenoxy) is 1. The predicted molar refractivity (Wildman–Crippen MR) is 101 cm³/mol. The second-order valence-corrected chi connectivity index (χ2v) is 24.4. The quantitative estimate of drug-likeness (QED) is 0.213. The van der Waals surface area contributed by atoms with Crippen LogP contribution >= 0.6 is 0 Å². The molecule has 0 spiro atoms. The van der Waals surface area contributed by atoms with E-state index >= 15 is 0 Å². The first-order valence-corrected chi connectivity index (χ1v) is 20.7. The van der Waals surface area contributed by atoms with E-state index in [1.54, 1.807) is 0 Å². The zero-order valence-electron chi connectivity index (χ0n) is 16.6. The molecule has 0 aliphatic heterocycles. The number of carbonyl (C=O) groups excluding carboxylic acids is 1. The van der Waals surface area contributed by atoms with Gasteiger partial charge in [0.05, 0.1) is 0 Å². The third-order valence-corrected chi connectivity index (χ3v) is 13.1. The molecule has 1 unspecified atom stereocenters. The van der Waals surface area contributed by atoms with Gasteiger partial charge in [-0.2, -0.15) is 0 Å². The molecular weight excluding hydrogens is 504 g/mol. The molecule has 1 atom stereocenters. The summed E-state index contributed by atoms with van der Waals surface area (Å²) in [5.74, 6) is -1.80. The van der Waals surface area contributed by atoms with Crippen LogP contribution in [0.4, 0.5) is 13.2 Å². The molecule has 0 fully saturated rings. The van der Waals surface area contributed by atoms with Gasteiger partial charge in [0.2, 0.25) is 0 Å². The third kappa shape index (κ3) is 5.25. The Morgan fingerprint density at radius 2 is 1.79 bits per heavy atom. The van der Waals surface area contributed by atoms with E-state index in [4.69, 9.17) is 0 Å². The molecule has 0 amide bonds. The Morgan fingerprint density at radius 1 is 1.14 bits per heavy atom. The molecule has 0 saturated heterocycles. The molecule has 160 valence electrons. The number of hydrogen-bond donors (Lipinski definition) is 0. The number of halogens is 3. The number of hydrogen-bond acceptors (Lipinski definition) is 5. The minimum absolute atomic E-state index is 0.106. The summed E-state index contributed by atoms with van der Waals surface area (Å²) >= 11 is -2.36. The van der Waals surface area contributed by atoms with Crippen LogP contribution in [-0.4, -0.2) is 45.4 Å². The number of allylic oxidation sites excluding steroid dienone is 3. The van der Waals surface area contributed by atoms with Crippen molar-refractivity contribution in [2.45, 2.75) is 65.3 Å². The molecule has 5 nitrogen and oxygen atoms in total. The summed E-state index contributed by atoms with van der Waals surface area (Å²) in [5, 5.41) is 0. The number of methoxy groups -OCH3 is 1. The average molecular weight is 531 g/mol. The first kappa shape index (κ1) is 23.6. The number of esters is 1. The summed E-state index contributed by atoms with van der Waals surface area (Å²) in [5.41, 5.74) is -4.45. The molecule has 0 N–H and O–H groups in total. The number of rotatable bonds is 6. The van der Waals surface area contributed by atoms with Crippen LogP contribution in [0.25, 0.3) is 0 Å². The van der Waals surface area contributed by atoms with Gasteiger partial charge >= 0.3 is 169 Å². The number of alkyl halides is 3. The van der Waals surface area contributed by atoms with Crippen molar-refractivity contribution in [2.75, 3.05) is 7.11 Å². The summed E-state index contributed by atoms with van der Waals surface area (Å²) < 4.78 is 72.6. The van der Waals surface area contributed by atoms with E-state index in [0.29, 0.717) is 19.3 Å². The maximum absolute atomic E-state index is 12.9. The molecule has 2 aliphatic carbocycles. The zero-order chi connectivity index (χ0) is 21.3. The van der Waals surface area contributed by atoms with Crippen molar-refractivity contribution in [1.29, 1.82) is 0 Å². The molecular formula is C18H27F3O5SSn. The molecule has 2 rings (SSSR count). The van der Waals surface area contributed by atoms with Crippen molar-refractivity contribution in [2.24, 2.45) is 5.92 Å². The fourth-order valence-electron chi connectivity index (χ4n) is 4.06. The van der Waals surface area contributed by atoms with Gasteiger partial charge in [-0.3, -0.25) is 0 Å². The van der Waals surface area contributed by atoms with Crippen LogP contribution in [0.15, 0.2) is 20.5 Å². The molecule has 0 radical (unpaired) electrons. The second kappa shape index (κ2) is 8.57. The first-order valence-electron chi connectivity index (χ1n) is 9.31. The van der Waals surface area contributed by atoms with Crippen LogP contribution in [0.5, 0.6) is 0 Å². The average Bonchev–Trinajstić information content (AvgIpc) is 3.03. The summed E-state index contributed by atoms with van der Waals surface area (Å²) in [6.07, 6.45) is 4.49.